The second-order valence-corrected chi connectivity index (χ2v) is 5.00. The fourth-order valence-electron chi connectivity index (χ4n) is 1.78. The van der Waals surface area contributed by atoms with E-state index in [1.807, 2.05) is 6.20 Å². The van der Waals surface area contributed by atoms with E-state index in [9.17, 15) is 0 Å². The third-order valence-electron chi connectivity index (χ3n) is 2.63. The molecule has 0 saturated carbocycles. The van der Waals surface area contributed by atoms with Crippen molar-refractivity contribution in [3.8, 4) is 0 Å². The third kappa shape index (κ3) is 3.28. The number of ether oxygens (including phenoxy) is 1. The van der Waals surface area contributed by atoms with Crippen LogP contribution in [0.2, 0.25) is 0 Å². The second kappa shape index (κ2) is 5.80. The summed E-state index contributed by atoms with van der Waals surface area (Å²) in [7, 11) is 1.73. The lowest BCUT2D eigenvalue weighted by Crippen LogP contribution is -1.99. The summed E-state index contributed by atoms with van der Waals surface area (Å²) in [6.45, 7) is 0.752. The van der Waals surface area contributed by atoms with Gasteiger partial charge in [-0.25, -0.2) is 4.98 Å². The van der Waals surface area contributed by atoms with E-state index in [2.05, 4.69) is 29.2 Å². The van der Waals surface area contributed by atoms with Gasteiger partial charge in [0.15, 0.2) is 5.13 Å². The molecule has 2 aromatic rings. The van der Waals surface area contributed by atoms with E-state index in [1.165, 1.54) is 16.0 Å². The molecule has 0 unspecified atom stereocenters. The van der Waals surface area contributed by atoms with Gasteiger partial charge in [0.2, 0.25) is 0 Å². The molecule has 0 radical (unpaired) electrons. The lowest BCUT2D eigenvalue weighted by atomic mass is 10.0. The van der Waals surface area contributed by atoms with Gasteiger partial charge in [-0.2, -0.15) is 0 Å². The zero-order valence-corrected chi connectivity index (χ0v) is 10.7. The van der Waals surface area contributed by atoms with Crippen LogP contribution < -0.4 is 5.73 Å². The van der Waals surface area contributed by atoms with E-state index in [-0.39, 0.29) is 0 Å². The number of hydrogen-bond donors (Lipinski definition) is 1. The Morgan fingerprint density at radius 3 is 2.71 bits per heavy atom. The Morgan fingerprint density at radius 1 is 1.29 bits per heavy atom. The molecule has 0 amide bonds. The summed E-state index contributed by atoms with van der Waals surface area (Å²) in [5.74, 6) is 0. The lowest BCUT2D eigenvalue weighted by Gasteiger charge is -2.07. The average Bonchev–Trinajstić information content (AvgIpc) is 2.74. The first-order chi connectivity index (χ1) is 8.29. The van der Waals surface area contributed by atoms with Gasteiger partial charge >= 0.3 is 0 Å². The predicted octanol–water partition coefficient (Wildman–Crippen LogP) is 2.50. The maximum Gasteiger partial charge on any atom is 0.180 e. The topological polar surface area (TPSA) is 48.1 Å². The summed E-state index contributed by atoms with van der Waals surface area (Å²) in [5.41, 5.74) is 8.30. The minimum Gasteiger partial charge on any atom is -0.384 e. The van der Waals surface area contributed by atoms with E-state index >= 15 is 0 Å². The number of nitrogens with two attached hydrogens (primary N) is 1. The van der Waals surface area contributed by atoms with Crippen LogP contribution in [-0.4, -0.2) is 18.7 Å². The molecule has 2 N–H and O–H groups in total. The summed E-state index contributed by atoms with van der Waals surface area (Å²) < 4.78 is 5.13. The van der Waals surface area contributed by atoms with Crippen molar-refractivity contribution >= 4 is 16.5 Å². The van der Waals surface area contributed by atoms with E-state index in [1.54, 1.807) is 18.4 Å². The molecule has 0 saturated heterocycles. The van der Waals surface area contributed by atoms with E-state index < -0.39 is 0 Å². The molecular weight excluding hydrogens is 232 g/mol. The van der Waals surface area contributed by atoms with Crippen molar-refractivity contribution in [2.75, 3.05) is 19.5 Å². The maximum absolute atomic E-state index is 5.64. The van der Waals surface area contributed by atoms with E-state index in [0.29, 0.717) is 5.13 Å². The molecule has 4 heteroatoms. The van der Waals surface area contributed by atoms with Crippen molar-refractivity contribution < 1.29 is 4.74 Å². The molecule has 2 rings (SSSR count). The van der Waals surface area contributed by atoms with Gasteiger partial charge in [-0.3, -0.25) is 0 Å². The Kier molecular flexibility index (Phi) is 4.12. The third-order valence-corrected chi connectivity index (χ3v) is 3.46. The monoisotopic (exact) mass is 248 g/mol. The van der Waals surface area contributed by atoms with Crippen LogP contribution in [0, 0.1) is 0 Å². The van der Waals surface area contributed by atoms with Gasteiger partial charge in [0.25, 0.3) is 0 Å². The highest BCUT2D eigenvalue weighted by molar-refractivity contribution is 7.15. The van der Waals surface area contributed by atoms with Crippen molar-refractivity contribution in [3.63, 3.8) is 0 Å². The molecule has 90 valence electrons. The summed E-state index contributed by atoms with van der Waals surface area (Å²) >= 11 is 1.55. The fourth-order valence-corrected chi connectivity index (χ4v) is 2.49. The Morgan fingerprint density at radius 2 is 2.06 bits per heavy atom. The first-order valence-corrected chi connectivity index (χ1v) is 6.37. The molecule has 0 aliphatic carbocycles. The SMILES string of the molecule is COCCc1ccccc1Cc1cnc(N)s1. The van der Waals surface area contributed by atoms with Gasteiger partial charge in [-0.15, -0.1) is 11.3 Å². The number of anilines is 1. The largest absolute Gasteiger partial charge is 0.384 e. The van der Waals surface area contributed by atoms with Crippen LogP contribution in [0.4, 0.5) is 5.13 Å². The highest BCUT2D eigenvalue weighted by Gasteiger charge is 2.05. The standard InChI is InChI=1S/C13H16N2OS/c1-16-7-6-10-4-2-3-5-11(10)8-12-9-15-13(14)17-12/h2-5,9H,6-8H2,1H3,(H2,14,15). The zero-order chi connectivity index (χ0) is 12.1. The van der Waals surface area contributed by atoms with Gasteiger partial charge in [0.05, 0.1) is 6.61 Å². The molecule has 0 aliphatic heterocycles. The van der Waals surface area contributed by atoms with Crippen molar-refractivity contribution in [2.24, 2.45) is 0 Å². The Bertz CT molecular complexity index is 482. The minimum absolute atomic E-state index is 0.634. The van der Waals surface area contributed by atoms with Gasteiger partial charge < -0.3 is 10.5 Å². The molecular formula is C13H16N2OS. The summed E-state index contributed by atoms with van der Waals surface area (Å²) in [4.78, 5) is 5.28. The highest BCUT2D eigenvalue weighted by atomic mass is 32.1. The van der Waals surface area contributed by atoms with Crippen LogP contribution in [0.5, 0.6) is 0 Å². The molecule has 0 spiro atoms. The highest BCUT2D eigenvalue weighted by Crippen LogP contribution is 2.20. The smallest absolute Gasteiger partial charge is 0.180 e. The first kappa shape index (κ1) is 12.1. The summed E-state index contributed by atoms with van der Waals surface area (Å²) in [6, 6.07) is 8.44. The van der Waals surface area contributed by atoms with Crippen molar-refractivity contribution in [1.29, 1.82) is 0 Å². The van der Waals surface area contributed by atoms with Gasteiger partial charge in [-0.1, -0.05) is 24.3 Å². The first-order valence-electron chi connectivity index (χ1n) is 5.55. The number of hydrogen-bond acceptors (Lipinski definition) is 4. The molecule has 0 bridgehead atoms. The number of nitrogens with zero attached hydrogens (tertiary/aromatic N) is 1. The molecule has 1 heterocycles. The number of rotatable bonds is 5. The van der Waals surface area contributed by atoms with Crippen molar-refractivity contribution in [3.05, 3.63) is 46.5 Å². The fraction of sp³-hybridized carbons (Fsp3) is 0.308. The van der Waals surface area contributed by atoms with Crippen LogP contribution in [0.15, 0.2) is 30.5 Å². The van der Waals surface area contributed by atoms with Gasteiger partial charge in [-0.05, 0) is 17.5 Å². The molecule has 17 heavy (non-hydrogen) atoms. The molecule has 1 aromatic heterocycles. The van der Waals surface area contributed by atoms with Crippen LogP contribution in [-0.2, 0) is 17.6 Å². The zero-order valence-electron chi connectivity index (χ0n) is 9.85. The average molecular weight is 248 g/mol. The number of aromatic nitrogens is 1. The Hall–Kier alpha value is -1.39. The Balaban J connectivity index is 2.14. The van der Waals surface area contributed by atoms with Crippen molar-refractivity contribution in [2.45, 2.75) is 12.8 Å². The van der Waals surface area contributed by atoms with Crippen LogP contribution in [0.25, 0.3) is 0 Å². The molecule has 0 atom stereocenters. The number of benzene rings is 1. The van der Waals surface area contributed by atoms with Crippen LogP contribution in [0.3, 0.4) is 0 Å². The molecule has 1 aromatic carbocycles. The number of nitrogen functional groups attached to an aromatic ring is 1. The maximum atomic E-state index is 5.64. The van der Waals surface area contributed by atoms with E-state index in [0.717, 1.165) is 19.4 Å². The lowest BCUT2D eigenvalue weighted by molar-refractivity contribution is 0.202. The minimum atomic E-state index is 0.634. The van der Waals surface area contributed by atoms with Crippen molar-refractivity contribution in [1.82, 2.24) is 4.98 Å². The number of thiazole rings is 1. The van der Waals surface area contributed by atoms with E-state index in [4.69, 9.17) is 10.5 Å². The Labute approximate surface area is 105 Å². The quantitative estimate of drug-likeness (QED) is 0.884. The predicted molar refractivity (Wildman–Crippen MR) is 71.4 cm³/mol. The molecule has 0 aliphatic rings. The molecule has 3 nitrogen and oxygen atoms in total. The number of methoxy groups -OCH3 is 1. The summed E-state index contributed by atoms with van der Waals surface area (Å²) in [5, 5.41) is 0.634. The van der Waals surface area contributed by atoms with Gasteiger partial charge in [0.1, 0.15) is 0 Å². The second-order valence-electron chi connectivity index (χ2n) is 3.85. The van der Waals surface area contributed by atoms with Crippen LogP contribution in [0.1, 0.15) is 16.0 Å². The summed E-state index contributed by atoms with van der Waals surface area (Å²) in [6.07, 6.45) is 3.70. The van der Waals surface area contributed by atoms with Crippen LogP contribution >= 0.6 is 11.3 Å². The van der Waals surface area contributed by atoms with Gasteiger partial charge in [0, 0.05) is 24.6 Å². The normalized spacial score (nSPS) is 10.6. The molecule has 0 fully saturated rings.